The monoisotopic (exact) mass is 459 g/mol. The molecule has 4 heterocycles. The molecule has 4 aliphatic rings. The lowest BCUT2D eigenvalue weighted by atomic mass is 9.75. The van der Waals surface area contributed by atoms with Gasteiger partial charge >= 0.3 is 6.18 Å². The lowest BCUT2D eigenvalue weighted by Crippen LogP contribution is -2.54. The SMILES string of the molecule is O=C1[C@@H]2[C@@H]3CCCN3[C@]3(C(=O)Nc4ccc(F)cc43)[C@H]2C(=O)N1c1ccccc1C(F)(F)F. The van der Waals surface area contributed by atoms with Crippen molar-refractivity contribution in [3.63, 3.8) is 0 Å². The highest BCUT2D eigenvalue weighted by atomic mass is 19.4. The van der Waals surface area contributed by atoms with Crippen molar-refractivity contribution in [3.8, 4) is 0 Å². The zero-order valence-electron chi connectivity index (χ0n) is 17.0. The molecule has 0 unspecified atom stereocenters. The lowest BCUT2D eigenvalue weighted by molar-refractivity contribution is -0.138. The van der Waals surface area contributed by atoms with E-state index in [0.717, 1.165) is 12.1 Å². The molecule has 4 aliphatic heterocycles. The maximum Gasteiger partial charge on any atom is 0.418 e. The van der Waals surface area contributed by atoms with E-state index in [-0.39, 0.29) is 5.56 Å². The Hall–Kier alpha value is -3.27. The Kier molecular flexibility index (Phi) is 3.95. The molecular weight excluding hydrogens is 442 g/mol. The Morgan fingerprint density at radius 2 is 1.79 bits per heavy atom. The number of nitrogens with zero attached hydrogens (tertiary/aromatic N) is 2. The molecule has 6 nitrogen and oxygen atoms in total. The van der Waals surface area contributed by atoms with Crippen LogP contribution < -0.4 is 10.2 Å². The highest BCUT2D eigenvalue weighted by Gasteiger charge is 2.74. The average Bonchev–Trinajstić information content (AvgIpc) is 3.46. The molecule has 6 rings (SSSR count). The van der Waals surface area contributed by atoms with E-state index < -0.39 is 64.4 Å². The topological polar surface area (TPSA) is 69.7 Å². The van der Waals surface area contributed by atoms with Crippen LogP contribution in [-0.2, 0) is 26.1 Å². The van der Waals surface area contributed by atoms with Crippen LogP contribution >= 0.6 is 0 Å². The summed E-state index contributed by atoms with van der Waals surface area (Å²) in [6.07, 6.45) is -3.63. The van der Waals surface area contributed by atoms with E-state index in [2.05, 4.69) is 5.32 Å². The number of anilines is 2. The van der Waals surface area contributed by atoms with Gasteiger partial charge in [0.2, 0.25) is 17.7 Å². The summed E-state index contributed by atoms with van der Waals surface area (Å²) in [6, 6.07) is 7.65. The summed E-state index contributed by atoms with van der Waals surface area (Å²) < 4.78 is 55.4. The molecule has 0 aromatic heterocycles. The predicted molar refractivity (Wildman–Crippen MR) is 107 cm³/mol. The molecule has 0 saturated carbocycles. The van der Waals surface area contributed by atoms with Crippen molar-refractivity contribution in [2.75, 3.05) is 16.8 Å². The second-order valence-corrected chi connectivity index (χ2v) is 8.84. The van der Waals surface area contributed by atoms with Gasteiger partial charge in [-0.3, -0.25) is 19.3 Å². The number of halogens is 4. The summed E-state index contributed by atoms with van der Waals surface area (Å²) >= 11 is 0. The first-order valence-corrected chi connectivity index (χ1v) is 10.6. The van der Waals surface area contributed by atoms with E-state index in [9.17, 15) is 31.9 Å². The van der Waals surface area contributed by atoms with Gasteiger partial charge in [0, 0.05) is 17.3 Å². The van der Waals surface area contributed by atoms with E-state index in [1.165, 1.54) is 30.3 Å². The fourth-order valence-electron chi connectivity index (χ4n) is 6.32. The van der Waals surface area contributed by atoms with Crippen molar-refractivity contribution < 1.29 is 31.9 Å². The number of fused-ring (bicyclic) bond motifs is 7. The summed E-state index contributed by atoms with van der Waals surface area (Å²) in [5, 5.41) is 2.70. The van der Waals surface area contributed by atoms with E-state index in [1.54, 1.807) is 4.90 Å². The Morgan fingerprint density at radius 3 is 2.55 bits per heavy atom. The molecule has 1 N–H and O–H groups in total. The number of carbonyl (C=O) groups is 3. The first kappa shape index (κ1) is 20.3. The maximum absolute atomic E-state index is 14.3. The van der Waals surface area contributed by atoms with Crippen molar-refractivity contribution in [2.24, 2.45) is 11.8 Å². The molecule has 0 aliphatic carbocycles. The van der Waals surface area contributed by atoms with Crippen molar-refractivity contribution in [1.29, 1.82) is 0 Å². The molecule has 2 aromatic rings. The van der Waals surface area contributed by atoms with Crippen LogP contribution in [0.2, 0.25) is 0 Å². The maximum atomic E-state index is 14.3. The van der Waals surface area contributed by atoms with Gasteiger partial charge in [0.05, 0.1) is 23.1 Å². The molecule has 3 fully saturated rings. The van der Waals surface area contributed by atoms with Crippen molar-refractivity contribution in [1.82, 2.24) is 4.90 Å². The standard InChI is InChI=1S/C23H17F4N3O3/c24-11-7-8-14-13(10-11)22(21(33)28-14)18-17(16-6-3-9-29(16)22)19(31)30(20(18)32)15-5-2-1-4-12(15)23(25,26)27/h1-2,4-5,7-8,10,16-18H,3,6,9H2,(H,28,33)/t16-,17+,18+,22-/m0/s1. The minimum atomic E-state index is -4.79. The second-order valence-electron chi connectivity index (χ2n) is 8.84. The van der Waals surface area contributed by atoms with Crippen LogP contribution in [0.15, 0.2) is 42.5 Å². The number of amides is 3. The minimum absolute atomic E-state index is 0.249. The van der Waals surface area contributed by atoms with Crippen LogP contribution in [0.4, 0.5) is 28.9 Å². The summed E-state index contributed by atoms with van der Waals surface area (Å²) in [5.41, 5.74) is -2.71. The summed E-state index contributed by atoms with van der Waals surface area (Å²) in [7, 11) is 0. The third-order valence-electron chi connectivity index (χ3n) is 7.40. The largest absolute Gasteiger partial charge is 0.418 e. The quantitative estimate of drug-likeness (QED) is 0.525. The van der Waals surface area contributed by atoms with Crippen molar-refractivity contribution in [2.45, 2.75) is 30.6 Å². The smallest absolute Gasteiger partial charge is 0.324 e. The molecule has 170 valence electrons. The van der Waals surface area contributed by atoms with Gasteiger partial charge in [-0.2, -0.15) is 13.2 Å². The highest BCUT2D eigenvalue weighted by Crippen LogP contribution is 2.61. The van der Waals surface area contributed by atoms with E-state index >= 15 is 0 Å². The number of imide groups is 1. The Balaban J connectivity index is 1.56. The molecule has 10 heteroatoms. The molecular formula is C23H17F4N3O3. The first-order chi connectivity index (χ1) is 15.7. The van der Waals surface area contributed by atoms with Crippen LogP contribution in [0.3, 0.4) is 0 Å². The van der Waals surface area contributed by atoms with Crippen LogP contribution in [0.1, 0.15) is 24.0 Å². The van der Waals surface area contributed by atoms with Gasteiger partial charge in [-0.1, -0.05) is 12.1 Å². The van der Waals surface area contributed by atoms with Gasteiger partial charge in [-0.15, -0.1) is 0 Å². The fraction of sp³-hybridized carbons (Fsp3) is 0.348. The normalized spacial score (nSPS) is 30.7. The highest BCUT2D eigenvalue weighted by molar-refractivity contribution is 6.26. The van der Waals surface area contributed by atoms with E-state index in [4.69, 9.17) is 0 Å². The number of hydrogen-bond acceptors (Lipinski definition) is 4. The second kappa shape index (κ2) is 6.40. The molecule has 0 radical (unpaired) electrons. The number of benzene rings is 2. The number of carbonyl (C=O) groups excluding carboxylic acids is 3. The van der Waals surface area contributed by atoms with Crippen LogP contribution in [-0.4, -0.2) is 35.2 Å². The molecule has 4 atom stereocenters. The molecule has 2 aromatic carbocycles. The Labute approximate surface area is 185 Å². The van der Waals surface area contributed by atoms with Gasteiger partial charge in [0.15, 0.2) is 0 Å². The molecule has 1 spiro atoms. The summed E-state index contributed by atoms with van der Waals surface area (Å²) in [5.74, 6) is -5.05. The predicted octanol–water partition coefficient (Wildman–Crippen LogP) is 3.28. The van der Waals surface area contributed by atoms with E-state index in [1.807, 2.05) is 0 Å². The van der Waals surface area contributed by atoms with Gasteiger partial charge in [-0.25, -0.2) is 9.29 Å². The average molecular weight is 459 g/mol. The third-order valence-corrected chi connectivity index (χ3v) is 7.40. The molecule has 3 saturated heterocycles. The number of para-hydroxylation sites is 1. The van der Waals surface area contributed by atoms with Gasteiger partial charge in [0.1, 0.15) is 11.4 Å². The van der Waals surface area contributed by atoms with Crippen LogP contribution in [0.25, 0.3) is 0 Å². The third kappa shape index (κ3) is 2.39. The fourth-order valence-corrected chi connectivity index (χ4v) is 6.32. The molecule has 33 heavy (non-hydrogen) atoms. The molecule has 3 amide bonds. The van der Waals surface area contributed by atoms with Gasteiger partial charge in [0.25, 0.3) is 0 Å². The summed E-state index contributed by atoms with van der Waals surface area (Å²) in [4.78, 5) is 43.1. The molecule has 0 bridgehead atoms. The van der Waals surface area contributed by atoms with Crippen LogP contribution in [0, 0.1) is 17.7 Å². The first-order valence-electron chi connectivity index (χ1n) is 10.6. The minimum Gasteiger partial charge on any atom is -0.324 e. The van der Waals surface area contributed by atoms with Gasteiger partial charge < -0.3 is 5.32 Å². The van der Waals surface area contributed by atoms with Crippen molar-refractivity contribution in [3.05, 3.63) is 59.4 Å². The van der Waals surface area contributed by atoms with Crippen molar-refractivity contribution >= 4 is 29.1 Å². The number of rotatable bonds is 1. The number of alkyl halides is 3. The zero-order valence-corrected chi connectivity index (χ0v) is 17.0. The Bertz CT molecular complexity index is 1250. The zero-order chi connectivity index (χ0) is 23.3. The van der Waals surface area contributed by atoms with Gasteiger partial charge in [-0.05, 0) is 49.7 Å². The number of nitrogens with one attached hydrogen (secondary N) is 1. The van der Waals surface area contributed by atoms with E-state index in [0.29, 0.717) is 30.0 Å². The number of hydrogen-bond donors (Lipinski definition) is 1. The van der Waals surface area contributed by atoms with Crippen LogP contribution in [0.5, 0.6) is 0 Å². The lowest BCUT2D eigenvalue weighted by Gasteiger charge is -2.36. The Morgan fingerprint density at radius 1 is 1.03 bits per heavy atom. The summed E-state index contributed by atoms with van der Waals surface area (Å²) in [6.45, 7) is 0.417.